The third-order valence-electron chi connectivity index (χ3n) is 3.83. The van der Waals surface area contributed by atoms with E-state index in [1.54, 1.807) is 11.0 Å². The van der Waals surface area contributed by atoms with Crippen molar-refractivity contribution in [2.24, 2.45) is 0 Å². The zero-order valence-corrected chi connectivity index (χ0v) is 13.3. The first-order chi connectivity index (χ1) is 11.1. The fourth-order valence-electron chi connectivity index (χ4n) is 2.63. The minimum atomic E-state index is 0.0855. The third-order valence-corrected chi connectivity index (χ3v) is 3.83. The van der Waals surface area contributed by atoms with E-state index >= 15 is 0 Å². The Labute approximate surface area is 134 Å². The summed E-state index contributed by atoms with van der Waals surface area (Å²) in [4.78, 5) is 14.1. The van der Waals surface area contributed by atoms with E-state index in [1.165, 1.54) is 0 Å². The number of carbonyl (C=O) groups is 1. The maximum absolute atomic E-state index is 12.2. The Bertz CT molecular complexity index is 673. The van der Waals surface area contributed by atoms with Gasteiger partial charge in [-0.15, -0.1) is 5.10 Å². The topological polar surface area (TPSA) is 85.2 Å². The first-order valence-corrected chi connectivity index (χ1v) is 7.61. The number of rotatable bonds is 4. The third kappa shape index (κ3) is 3.65. The van der Waals surface area contributed by atoms with E-state index in [-0.39, 0.29) is 18.6 Å². The first-order valence-electron chi connectivity index (χ1n) is 7.61. The molecule has 8 heteroatoms. The Balaban J connectivity index is 1.60. The summed E-state index contributed by atoms with van der Waals surface area (Å²) in [6, 6.07) is 5.82. The number of morpholine rings is 1. The Morgan fingerprint density at radius 2 is 2.35 bits per heavy atom. The molecule has 2 heterocycles. The largest absolute Gasteiger partial charge is 0.376 e. The van der Waals surface area contributed by atoms with Gasteiger partial charge in [-0.05, 0) is 48.0 Å². The summed E-state index contributed by atoms with van der Waals surface area (Å²) in [7, 11) is 0. The molecule has 3 rings (SSSR count). The smallest absolute Gasteiger partial charge is 0.242 e. The minimum Gasteiger partial charge on any atom is -0.376 e. The van der Waals surface area contributed by atoms with Crippen molar-refractivity contribution in [1.82, 2.24) is 25.1 Å². The summed E-state index contributed by atoms with van der Waals surface area (Å²) in [5.41, 5.74) is 2.83. The molecule has 0 radical (unpaired) electrons. The normalized spacial score (nSPS) is 18.0. The number of amides is 1. The molecule has 1 amide bonds. The molecule has 1 fully saturated rings. The molecule has 122 valence electrons. The molecule has 1 N–H and O–H groups in total. The zero-order valence-electron chi connectivity index (χ0n) is 13.3. The Morgan fingerprint density at radius 3 is 3.04 bits per heavy atom. The highest BCUT2D eigenvalue weighted by Crippen LogP contribution is 2.17. The highest BCUT2D eigenvalue weighted by Gasteiger charge is 2.20. The van der Waals surface area contributed by atoms with Gasteiger partial charge in [-0.1, -0.05) is 0 Å². The predicted molar refractivity (Wildman–Crippen MR) is 84.4 cm³/mol. The lowest BCUT2D eigenvalue weighted by molar-refractivity contribution is -0.136. The van der Waals surface area contributed by atoms with Gasteiger partial charge in [-0.25, -0.2) is 4.68 Å². The summed E-state index contributed by atoms with van der Waals surface area (Å²) in [6.07, 6.45) is 1.66. The standard InChI is InChI=1S/C15H20N6O2/c1-11-7-13(3-4-14(11)21-10-17-18-19-21)16-8-15(22)20-5-6-23-12(2)9-20/h3-4,7,10,12,16H,5-6,8-9H2,1-2H3. The molecule has 1 atom stereocenters. The molecule has 2 aromatic rings. The number of hydrogen-bond donors (Lipinski definition) is 1. The monoisotopic (exact) mass is 316 g/mol. The van der Waals surface area contributed by atoms with Crippen molar-refractivity contribution >= 4 is 11.6 Å². The average molecular weight is 316 g/mol. The van der Waals surface area contributed by atoms with Crippen LogP contribution in [-0.2, 0) is 9.53 Å². The average Bonchev–Trinajstić information content (AvgIpc) is 3.07. The number of benzene rings is 1. The molecule has 0 aliphatic carbocycles. The summed E-state index contributed by atoms with van der Waals surface area (Å²) in [5, 5.41) is 14.3. The van der Waals surface area contributed by atoms with Gasteiger partial charge in [0.1, 0.15) is 6.33 Å². The maximum atomic E-state index is 12.2. The van der Waals surface area contributed by atoms with Crippen LogP contribution in [0.1, 0.15) is 12.5 Å². The van der Waals surface area contributed by atoms with Gasteiger partial charge in [0.15, 0.2) is 0 Å². The zero-order chi connectivity index (χ0) is 16.2. The van der Waals surface area contributed by atoms with Gasteiger partial charge in [0.25, 0.3) is 0 Å². The maximum Gasteiger partial charge on any atom is 0.242 e. The molecule has 1 aromatic carbocycles. The Morgan fingerprint density at radius 1 is 1.48 bits per heavy atom. The minimum absolute atomic E-state index is 0.0855. The number of anilines is 1. The molecule has 23 heavy (non-hydrogen) atoms. The highest BCUT2D eigenvalue weighted by atomic mass is 16.5. The van der Waals surface area contributed by atoms with Gasteiger partial charge in [0.05, 0.1) is 24.9 Å². The molecule has 1 unspecified atom stereocenters. The molecule has 1 aliphatic rings. The van der Waals surface area contributed by atoms with Crippen LogP contribution in [0.2, 0.25) is 0 Å². The molecule has 0 spiro atoms. The van der Waals surface area contributed by atoms with Gasteiger partial charge in [-0.3, -0.25) is 4.79 Å². The van der Waals surface area contributed by atoms with E-state index < -0.39 is 0 Å². The second-order valence-electron chi connectivity index (χ2n) is 5.63. The SMILES string of the molecule is Cc1cc(NCC(=O)N2CCOC(C)C2)ccc1-n1cnnn1. The molecule has 8 nitrogen and oxygen atoms in total. The van der Waals surface area contributed by atoms with Crippen molar-refractivity contribution in [2.45, 2.75) is 20.0 Å². The number of nitrogens with one attached hydrogen (secondary N) is 1. The summed E-state index contributed by atoms with van der Waals surface area (Å²) in [6.45, 7) is 6.14. The summed E-state index contributed by atoms with van der Waals surface area (Å²) >= 11 is 0. The van der Waals surface area contributed by atoms with Crippen molar-refractivity contribution in [3.8, 4) is 5.69 Å². The molecular formula is C15H20N6O2. The van der Waals surface area contributed by atoms with E-state index in [0.29, 0.717) is 19.7 Å². The first kappa shape index (κ1) is 15.4. The highest BCUT2D eigenvalue weighted by molar-refractivity contribution is 5.81. The molecule has 1 saturated heterocycles. The fraction of sp³-hybridized carbons (Fsp3) is 0.467. The van der Waals surface area contributed by atoms with Gasteiger partial charge in [0, 0.05) is 18.8 Å². The lowest BCUT2D eigenvalue weighted by Gasteiger charge is -2.31. The van der Waals surface area contributed by atoms with E-state index in [4.69, 9.17) is 4.74 Å². The number of aryl methyl sites for hydroxylation is 1. The van der Waals surface area contributed by atoms with Crippen LogP contribution in [0.15, 0.2) is 24.5 Å². The van der Waals surface area contributed by atoms with E-state index in [1.807, 2.05) is 36.9 Å². The van der Waals surface area contributed by atoms with Crippen LogP contribution in [0.3, 0.4) is 0 Å². The number of nitrogens with zero attached hydrogens (tertiary/aromatic N) is 5. The molecule has 0 saturated carbocycles. The van der Waals surface area contributed by atoms with Gasteiger partial charge < -0.3 is 15.0 Å². The van der Waals surface area contributed by atoms with Gasteiger partial charge in [-0.2, -0.15) is 0 Å². The van der Waals surface area contributed by atoms with Crippen LogP contribution in [-0.4, -0.2) is 63.4 Å². The van der Waals surface area contributed by atoms with Crippen LogP contribution in [0.4, 0.5) is 5.69 Å². The van der Waals surface area contributed by atoms with Crippen molar-refractivity contribution in [3.05, 3.63) is 30.1 Å². The van der Waals surface area contributed by atoms with Crippen molar-refractivity contribution in [2.75, 3.05) is 31.6 Å². The quantitative estimate of drug-likeness (QED) is 0.890. The van der Waals surface area contributed by atoms with Gasteiger partial charge >= 0.3 is 0 Å². The van der Waals surface area contributed by atoms with Crippen LogP contribution < -0.4 is 5.32 Å². The number of aromatic nitrogens is 4. The number of tetrazole rings is 1. The van der Waals surface area contributed by atoms with E-state index in [9.17, 15) is 4.79 Å². The molecular weight excluding hydrogens is 296 g/mol. The molecule has 1 aliphatic heterocycles. The predicted octanol–water partition coefficient (Wildman–Crippen LogP) is 0.630. The van der Waals surface area contributed by atoms with Crippen LogP contribution in [0, 0.1) is 6.92 Å². The number of ether oxygens (including phenoxy) is 1. The van der Waals surface area contributed by atoms with Gasteiger partial charge in [0.2, 0.25) is 5.91 Å². The summed E-state index contributed by atoms with van der Waals surface area (Å²) in [5.74, 6) is 0.0855. The number of carbonyl (C=O) groups excluding carboxylic acids is 1. The second kappa shape index (κ2) is 6.74. The fourth-order valence-corrected chi connectivity index (χ4v) is 2.63. The second-order valence-corrected chi connectivity index (χ2v) is 5.63. The van der Waals surface area contributed by atoms with E-state index in [0.717, 1.165) is 16.9 Å². The molecule has 0 bridgehead atoms. The lowest BCUT2D eigenvalue weighted by atomic mass is 10.2. The molecule has 1 aromatic heterocycles. The Kier molecular flexibility index (Phi) is 4.52. The number of hydrogen-bond acceptors (Lipinski definition) is 6. The Hall–Kier alpha value is -2.48. The van der Waals surface area contributed by atoms with Crippen molar-refractivity contribution in [1.29, 1.82) is 0 Å². The van der Waals surface area contributed by atoms with Crippen molar-refractivity contribution in [3.63, 3.8) is 0 Å². The van der Waals surface area contributed by atoms with Crippen molar-refractivity contribution < 1.29 is 9.53 Å². The summed E-state index contributed by atoms with van der Waals surface area (Å²) < 4.78 is 7.06. The van der Waals surface area contributed by atoms with Crippen LogP contribution in [0.5, 0.6) is 0 Å². The van der Waals surface area contributed by atoms with Crippen LogP contribution in [0.25, 0.3) is 5.69 Å². The van der Waals surface area contributed by atoms with Crippen LogP contribution >= 0.6 is 0 Å². The lowest BCUT2D eigenvalue weighted by Crippen LogP contribution is -2.46. The van der Waals surface area contributed by atoms with E-state index in [2.05, 4.69) is 20.8 Å².